The Morgan fingerprint density at radius 2 is 2.00 bits per heavy atom. The number of urea groups is 1. The summed E-state index contributed by atoms with van der Waals surface area (Å²) >= 11 is 0. The lowest BCUT2D eigenvalue weighted by atomic mass is 9.94. The number of hydrogen-bond acceptors (Lipinski definition) is 6. The zero-order valence-electron chi connectivity index (χ0n) is 18.8. The first-order valence-corrected chi connectivity index (χ1v) is 11.9. The van der Waals surface area contributed by atoms with Crippen molar-refractivity contribution in [1.82, 2.24) is 19.5 Å². The molecule has 11 heteroatoms. The number of pyridine rings is 1. The lowest BCUT2D eigenvalue weighted by Gasteiger charge is -2.19. The number of carbonyl (C=O) groups is 1. The van der Waals surface area contributed by atoms with Gasteiger partial charge in [0.15, 0.2) is 14.9 Å². The van der Waals surface area contributed by atoms with E-state index in [4.69, 9.17) is 4.78 Å². The van der Waals surface area contributed by atoms with Crippen molar-refractivity contribution in [1.29, 1.82) is 4.78 Å². The minimum Gasteiger partial charge on any atom is -0.391 e. The third-order valence-electron chi connectivity index (χ3n) is 4.80. The Morgan fingerprint density at radius 3 is 2.64 bits per heavy atom. The summed E-state index contributed by atoms with van der Waals surface area (Å²) in [5.74, 6) is -0.587. The molecule has 3 rings (SSSR count). The summed E-state index contributed by atoms with van der Waals surface area (Å²) in [6, 6.07) is 6.59. The van der Waals surface area contributed by atoms with E-state index in [2.05, 4.69) is 20.1 Å². The largest absolute Gasteiger partial charge is 0.391 e. The van der Waals surface area contributed by atoms with E-state index in [9.17, 15) is 18.5 Å². The van der Waals surface area contributed by atoms with Gasteiger partial charge < -0.3 is 10.4 Å². The van der Waals surface area contributed by atoms with E-state index in [1.807, 2.05) is 13.8 Å². The molecule has 1 unspecified atom stereocenters. The first-order chi connectivity index (χ1) is 15.5. The number of halogens is 1. The molecule has 2 heterocycles. The number of aliphatic hydroxyl groups excluding tert-OH is 1. The number of nitrogens with zero attached hydrogens (tertiary/aromatic N) is 3. The predicted octanol–water partition coefficient (Wildman–Crippen LogP) is 4.04. The number of amides is 2. The molecule has 0 saturated carbocycles. The van der Waals surface area contributed by atoms with Gasteiger partial charge in [-0.2, -0.15) is 5.10 Å². The van der Waals surface area contributed by atoms with Crippen LogP contribution in [-0.2, 0) is 16.5 Å². The minimum atomic E-state index is -3.78. The third-order valence-corrected chi connectivity index (χ3v) is 6.08. The van der Waals surface area contributed by atoms with Crippen molar-refractivity contribution in [3.63, 3.8) is 0 Å². The highest BCUT2D eigenvalue weighted by Crippen LogP contribution is 2.36. The van der Waals surface area contributed by atoms with E-state index < -0.39 is 27.9 Å². The Morgan fingerprint density at radius 1 is 1.27 bits per heavy atom. The molecule has 0 aliphatic heterocycles. The number of nitrogens with one attached hydrogen (secondary N) is 3. The van der Waals surface area contributed by atoms with Gasteiger partial charge in [-0.3, -0.25) is 9.67 Å². The molecule has 1 aromatic carbocycles. The molecule has 0 spiro atoms. The van der Waals surface area contributed by atoms with Crippen molar-refractivity contribution in [2.75, 3.05) is 5.32 Å². The fourth-order valence-corrected chi connectivity index (χ4v) is 4.24. The van der Waals surface area contributed by atoms with Crippen LogP contribution in [0.25, 0.3) is 11.1 Å². The van der Waals surface area contributed by atoms with E-state index in [0.29, 0.717) is 22.4 Å². The zero-order chi connectivity index (χ0) is 24.3. The molecule has 0 bridgehead atoms. The van der Waals surface area contributed by atoms with E-state index in [1.165, 1.54) is 29.1 Å². The van der Waals surface area contributed by atoms with Crippen LogP contribution in [0.3, 0.4) is 0 Å². The van der Waals surface area contributed by atoms with E-state index in [0.717, 1.165) is 5.69 Å². The Labute approximate surface area is 192 Å². The van der Waals surface area contributed by atoms with Gasteiger partial charge in [0.05, 0.1) is 18.3 Å². The molecule has 0 radical (unpaired) electrons. The second-order valence-electron chi connectivity index (χ2n) is 8.10. The third kappa shape index (κ3) is 5.93. The highest BCUT2D eigenvalue weighted by molar-refractivity contribution is 7.91. The van der Waals surface area contributed by atoms with Crippen LogP contribution >= 0.6 is 0 Å². The zero-order valence-corrected chi connectivity index (χ0v) is 19.6. The van der Waals surface area contributed by atoms with Crippen LogP contribution in [0.15, 0.2) is 47.8 Å². The molecular formula is C22H27FN6O3S. The first-order valence-electron chi connectivity index (χ1n) is 10.3. The summed E-state index contributed by atoms with van der Waals surface area (Å²) in [6.07, 6.45) is 2.38. The topological polar surface area (TPSA) is 133 Å². The maximum absolute atomic E-state index is 14.4. The number of anilines is 1. The summed E-state index contributed by atoms with van der Waals surface area (Å²) in [7, 11) is -3.78. The van der Waals surface area contributed by atoms with E-state index in [-0.39, 0.29) is 17.5 Å². The summed E-state index contributed by atoms with van der Waals surface area (Å²) in [5, 5.41) is 16.0. The molecule has 4 N–H and O–H groups in total. The maximum Gasteiger partial charge on any atom is 0.332 e. The second-order valence-corrected chi connectivity index (χ2v) is 9.83. The molecule has 3 aromatic rings. The summed E-state index contributed by atoms with van der Waals surface area (Å²) in [5.41, 5.74) is 2.72. The number of aromatic nitrogens is 3. The van der Waals surface area contributed by atoms with Gasteiger partial charge >= 0.3 is 6.03 Å². The number of hydrogen-bond donors (Lipinski definition) is 4. The van der Waals surface area contributed by atoms with Gasteiger partial charge in [0.1, 0.15) is 5.82 Å². The Hall–Kier alpha value is -3.31. The molecule has 0 saturated heterocycles. The molecule has 176 valence electrons. The van der Waals surface area contributed by atoms with E-state index in [1.54, 1.807) is 32.2 Å². The molecule has 33 heavy (non-hydrogen) atoms. The monoisotopic (exact) mass is 474 g/mol. The van der Waals surface area contributed by atoms with Crippen molar-refractivity contribution in [3.05, 3.63) is 59.8 Å². The second kappa shape index (κ2) is 9.67. The van der Waals surface area contributed by atoms with Crippen LogP contribution in [0, 0.1) is 17.5 Å². The standard InChI is InChI=1S/C22H27FN6O3S/c1-13(2)18-10-17(23)11-19(16-5-7-25-14(3)9-16)21(18)26-22(31)28-33(24,32)20-6-8-29(27-20)12-15(4)30/h5-11,13,15,30H,12H2,1-4H3,(H3,24,26,28,31,32)/t15-,33?/m0/s1. The molecule has 0 aliphatic carbocycles. The van der Waals surface area contributed by atoms with Crippen molar-refractivity contribution in [2.24, 2.45) is 0 Å². The van der Waals surface area contributed by atoms with Gasteiger partial charge in [-0.15, -0.1) is 0 Å². The van der Waals surface area contributed by atoms with Crippen LogP contribution in [0.5, 0.6) is 0 Å². The predicted molar refractivity (Wildman–Crippen MR) is 124 cm³/mol. The molecule has 2 amide bonds. The molecular weight excluding hydrogens is 447 g/mol. The smallest absolute Gasteiger partial charge is 0.332 e. The summed E-state index contributed by atoms with van der Waals surface area (Å²) in [6.45, 7) is 7.26. The first kappa shape index (κ1) is 24.3. The van der Waals surface area contributed by atoms with Crippen LogP contribution in [0.2, 0.25) is 0 Å². The van der Waals surface area contributed by atoms with Gasteiger partial charge in [0.25, 0.3) is 0 Å². The normalized spacial score (nSPS) is 14.0. The van der Waals surface area contributed by atoms with Gasteiger partial charge in [-0.1, -0.05) is 13.8 Å². The van der Waals surface area contributed by atoms with Crippen LogP contribution < -0.4 is 10.0 Å². The number of carbonyl (C=O) groups excluding carboxylic acids is 1. The molecule has 2 aromatic heterocycles. The maximum atomic E-state index is 14.4. The average Bonchev–Trinajstić information content (AvgIpc) is 3.17. The quantitative estimate of drug-likeness (QED) is 0.410. The van der Waals surface area contributed by atoms with Gasteiger partial charge in [-0.05, 0) is 61.2 Å². The summed E-state index contributed by atoms with van der Waals surface area (Å²) < 4.78 is 38.9. The SMILES string of the molecule is Cc1cc(-c2cc(F)cc(C(C)C)c2NC(=O)NS(=N)(=O)c2ccn(C[C@H](C)O)n2)ccn1. The van der Waals surface area contributed by atoms with Gasteiger partial charge in [0.2, 0.25) is 0 Å². The van der Waals surface area contributed by atoms with Crippen LogP contribution in [-0.4, -0.2) is 36.2 Å². The number of benzene rings is 1. The fraction of sp³-hybridized carbons (Fsp3) is 0.318. The number of rotatable bonds is 7. The van der Waals surface area contributed by atoms with Crippen LogP contribution in [0.1, 0.15) is 37.9 Å². The number of aryl methyl sites for hydroxylation is 1. The van der Waals surface area contributed by atoms with Crippen molar-refractivity contribution in [3.8, 4) is 11.1 Å². The Bertz CT molecular complexity index is 1270. The minimum absolute atomic E-state index is 0.130. The summed E-state index contributed by atoms with van der Waals surface area (Å²) in [4.78, 5) is 17.0. The lowest BCUT2D eigenvalue weighted by molar-refractivity contribution is 0.168. The molecule has 2 atom stereocenters. The van der Waals surface area contributed by atoms with Crippen molar-refractivity contribution in [2.45, 2.75) is 51.3 Å². The van der Waals surface area contributed by atoms with Crippen LogP contribution in [0.4, 0.5) is 14.9 Å². The highest BCUT2D eigenvalue weighted by Gasteiger charge is 2.21. The average molecular weight is 475 g/mol. The van der Waals surface area contributed by atoms with Gasteiger partial charge in [-0.25, -0.2) is 22.9 Å². The van der Waals surface area contributed by atoms with Gasteiger partial charge in [0, 0.05) is 23.7 Å². The fourth-order valence-electron chi connectivity index (χ4n) is 3.35. The number of aliphatic hydroxyl groups is 1. The molecule has 0 fully saturated rings. The Kier molecular flexibility index (Phi) is 7.13. The Balaban J connectivity index is 1.93. The highest BCUT2D eigenvalue weighted by atomic mass is 32.2. The van der Waals surface area contributed by atoms with Crippen molar-refractivity contribution < 1.29 is 18.5 Å². The van der Waals surface area contributed by atoms with Crippen molar-refractivity contribution >= 4 is 21.6 Å². The molecule has 0 aliphatic rings. The molecule has 9 nitrogen and oxygen atoms in total. The lowest BCUT2D eigenvalue weighted by Crippen LogP contribution is -2.34. The van der Waals surface area contributed by atoms with E-state index >= 15 is 0 Å².